The maximum atomic E-state index is 11.8. The topological polar surface area (TPSA) is 62.1 Å². The van der Waals surface area contributed by atoms with E-state index in [1.54, 1.807) is 18.3 Å². The van der Waals surface area contributed by atoms with E-state index < -0.39 is 0 Å². The number of benzene rings is 2. The summed E-state index contributed by atoms with van der Waals surface area (Å²) in [6.07, 6.45) is 2.06. The monoisotopic (exact) mass is 296 g/mol. The lowest BCUT2D eigenvalue weighted by Gasteiger charge is -2.36. The van der Waals surface area contributed by atoms with Crippen LogP contribution in [0.3, 0.4) is 0 Å². The molecule has 1 fully saturated rings. The molecule has 112 valence electrons. The van der Waals surface area contributed by atoms with Gasteiger partial charge in [-0.3, -0.25) is 4.79 Å². The number of aromatic hydroxyl groups is 1. The maximum absolute atomic E-state index is 11.8. The lowest BCUT2D eigenvalue weighted by Crippen LogP contribution is -2.42. The van der Waals surface area contributed by atoms with E-state index in [0.717, 1.165) is 11.1 Å². The summed E-state index contributed by atoms with van der Waals surface area (Å²) in [5.41, 5.74) is 1.82. The lowest BCUT2D eigenvalue weighted by molar-refractivity contribution is -0.146. The predicted molar refractivity (Wildman–Crippen MR) is 82.9 cm³/mol. The molecular weight excluding hydrogens is 280 g/mol. The van der Waals surface area contributed by atoms with E-state index >= 15 is 0 Å². The van der Waals surface area contributed by atoms with Crippen molar-refractivity contribution in [1.82, 2.24) is 5.01 Å². The van der Waals surface area contributed by atoms with Crippen molar-refractivity contribution in [2.45, 2.75) is 12.5 Å². The van der Waals surface area contributed by atoms with Gasteiger partial charge in [-0.2, -0.15) is 5.10 Å². The number of amides is 1. The van der Waals surface area contributed by atoms with E-state index in [0.29, 0.717) is 12.2 Å². The van der Waals surface area contributed by atoms with Crippen LogP contribution in [0.2, 0.25) is 0 Å². The molecule has 0 saturated carbocycles. The zero-order valence-electron chi connectivity index (χ0n) is 12.1. The molecule has 0 aliphatic carbocycles. The van der Waals surface area contributed by atoms with Crippen LogP contribution < -0.4 is 4.74 Å². The van der Waals surface area contributed by atoms with Crippen LogP contribution in [0, 0.1) is 0 Å². The highest BCUT2D eigenvalue weighted by molar-refractivity contribution is 5.87. The molecule has 1 N–H and O–H groups in total. The number of β-lactam (4-membered cyclic amide) rings is 1. The Morgan fingerprint density at radius 3 is 2.73 bits per heavy atom. The quantitative estimate of drug-likeness (QED) is 0.697. The Morgan fingerprint density at radius 1 is 1.27 bits per heavy atom. The first kappa shape index (κ1) is 14.1. The molecule has 0 unspecified atom stereocenters. The molecule has 0 bridgehead atoms. The van der Waals surface area contributed by atoms with Gasteiger partial charge in [0.2, 0.25) is 5.91 Å². The number of hydrogen-bond donors (Lipinski definition) is 1. The van der Waals surface area contributed by atoms with Gasteiger partial charge in [-0.25, -0.2) is 5.01 Å². The number of hydrazone groups is 1. The Kier molecular flexibility index (Phi) is 3.78. The number of nitrogens with zero attached hydrogens (tertiary/aromatic N) is 2. The number of ether oxygens (including phenoxy) is 1. The summed E-state index contributed by atoms with van der Waals surface area (Å²) in [5, 5.41) is 15.3. The highest BCUT2D eigenvalue weighted by Gasteiger charge is 2.37. The molecule has 0 radical (unpaired) electrons. The molecule has 0 aromatic heterocycles. The van der Waals surface area contributed by atoms with Crippen LogP contribution in [-0.2, 0) is 4.79 Å². The first-order chi connectivity index (χ1) is 10.7. The van der Waals surface area contributed by atoms with Gasteiger partial charge in [0.25, 0.3) is 0 Å². The summed E-state index contributed by atoms with van der Waals surface area (Å²) in [7, 11) is 1.49. The first-order valence-corrected chi connectivity index (χ1v) is 6.97. The van der Waals surface area contributed by atoms with Crippen LogP contribution in [0.25, 0.3) is 0 Å². The van der Waals surface area contributed by atoms with Gasteiger partial charge in [0, 0.05) is 0 Å². The van der Waals surface area contributed by atoms with Crippen molar-refractivity contribution in [2.24, 2.45) is 5.10 Å². The molecular formula is C17H16N2O3. The average molecular weight is 296 g/mol. The summed E-state index contributed by atoms with van der Waals surface area (Å²) in [5.74, 6) is 0.441. The molecule has 5 heteroatoms. The highest BCUT2D eigenvalue weighted by Crippen LogP contribution is 2.34. The third-order valence-electron chi connectivity index (χ3n) is 3.64. The minimum atomic E-state index is -0.0102. The smallest absolute Gasteiger partial charge is 0.245 e. The van der Waals surface area contributed by atoms with Gasteiger partial charge in [-0.05, 0) is 29.3 Å². The highest BCUT2D eigenvalue weighted by atomic mass is 16.5. The van der Waals surface area contributed by atoms with Crippen molar-refractivity contribution in [1.29, 1.82) is 0 Å². The zero-order valence-corrected chi connectivity index (χ0v) is 12.1. The third kappa shape index (κ3) is 2.65. The van der Waals surface area contributed by atoms with Crippen LogP contribution in [-0.4, -0.2) is 29.3 Å². The van der Waals surface area contributed by atoms with Crippen LogP contribution in [0.15, 0.2) is 53.6 Å². The fourth-order valence-electron chi connectivity index (χ4n) is 2.39. The fourth-order valence-corrected chi connectivity index (χ4v) is 2.39. The van der Waals surface area contributed by atoms with Crippen LogP contribution >= 0.6 is 0 Å². The number of phenols is 1. The van der Waals surface area contributed by atoms with E-state index in [2.05, 4.69) is 5.10 Å². The Morgan fingerprint density at radius 2 is 2.05 bits per heavy atom. The SMILES string of the molecule is COc1cc(/C=N\N2C(=O)C[C@H]2c2ccccc2)ccc1O. The van der Waals surface area contributed by atoms with Crippen molar-refractivity contribution in [3.63, 3.8) is 0 Å². The van der Waals surface area contributed by atoms with E-state index in [9.17, 15) is 9.90 Å². The molecule has 1 aliphatic rings. The zero-order chi connectivity index (χ0) is 15.5. The average Bonchev–Trinajstić information content (AvgIpc) is 2.55. The van der Waals surface area contributed by atoms with Gasteiger partial charge in [0.05, 0.1) is 25.8 Å². The second kappa shape index (κ2) is 5.89. The number of methoxy groups -OCH3 is 1. The number of hydrogen-bond acceptors (Lipinski definition) is 4. The minimum absolute atomic E-state index is 0.00385. The van der Waals surface area contributed by atoms with Crippen molar-refractivity contribution in [2.75, 3.05) is 7.11 Å². The number of phenolic OH excluding ortho intramolecular Hbond substituents is 1. The van der Waals surface area contributed by atoms with Gasteiger partial charge in [0.15, 0.2) is 11.5 Å². The van der Waals surface area contributed by atoms with Crippen LogP contribution in [0.4, 0.5) is 0 Å². The normalized spacial score (nSPS) is 17.6. The fraction of sp³-hybridized carbons (Fsp3) is 0.176. The van der Waals surface area contributed by atoms with Crippen LogP contribution in [0.1, 0.15) is 23.6 Å². The van der Waals surface area contributed by atoms with E-state index in [-0.39, 0.29) is 17.7 Å². The standard InChI is InChI=1S/C17H16N2O3/c1-22-16-9-12(7-8-15(16)20)11-18-19-14(10-17(19)21)13-5-3-2-4-6-13/h2-9,11,14,20H,10H2,1H3/b18-11-/t14-/m0/s1. The number of rotatable bonds is 4. The van der Waals surface area contributed by atoms with Crippen molar-refractivity contribution >= 4 is 12.1 Å². The van der Waals surface area contributed by atoms with Crippen molar-refractivity contribution in [3.8, 4) is 11.5 Å². The van der Waals surface area contributed by atoms with Gasteiger partial charge < -0.3 is 9.84 Å². The van der Waals surface area contributed by atoms with Crippen molar-refractivity contribution < 1.29 is 14.6 Å². The van der Waals surface area contributed by atoms with Gasteiger partial charge in [-0.1, -0.05) is 30.3 Å². The Hall–Kier alpha value is -2.82. The van der Waals surface area contributed by atoms with Gasteiger partial charge in [0.1, 0.15) is 0 Å². The minimum Gasteiger partial charge on any atom is -0.504 e. The summed E-state index contributed by atoms with van der Waals surface area (Å²) < 4.78 is 5.05. The first-order valence-electron chi connectivity index (χ1n) is 6.97. The Bertz CT molecular complexity index is 713. The molecule has 1 aliphatic heterocycles. The molecule has 2 aromatic rings. The second-order valence-electron chi connectivity index (χ2n) is 5.04. The largest absolute Gasteiger partial charge is 0.504 e. The molecule has 1 saturated heterocycles. The second-order valence-corrected chi connectivity index (χ2v) is 5.04. The molecule has 2 aromatic carbocycles. The molecule has 0 spiro atoms. The van der Waals surface area contributed by atoms with Gasteiger partial charge >= 0.3 is 0 Å². The summed E-state index contributed by atoms with van der Waals surface area (Å²) >= 11 is 0. The van der Waals surface area contributed by atoms with E-state index in [1.807, 2.05) is 30.3 Å². The predicted octanol–water partition coefficient (Wildman–Crippen LogP) is 2.71. The molecule has 1 heterocycles. The van der Waals surface area contributed by atoms with Gasteiger partial charge in [-0.15, -0.1) is 0 Å². The van der Waals surface area contributed by atoms with Crippen molar-refractivity contribution in [3.05, 3.63) is 59.7 Å². The summed E-state index contributed by atoms with van der Waals surface area (Å²) in [6.45, 7) is 0. The lowest BCUT2D eigenvalue weighted by atomic mass is 9.96. The third-order valence-corrected chi connectivity index (χ3v) is 3.64. The summed E-state index contributed by atoms with van der Waals surface area (Å²) in [4.78, 5) is 11.8. The Labute approximate surface area is 128 Å². The maximum Gasteiger partial charge on any atom is 0.245 e. The number of carbonyl (C=O) groups excluding carboxylic acids is 1. The van der Waals surface area contributed by atoms with Crippen LogP contribution in [0.5, 0.6) is 11.5 Å². The molecule has 3 rings (SSSR count). The van der Waals surface area contributed by atoms with E-state index in [1.165, 1.54) is 18.2 Å². The summed E-state index contributed by atoms with van der Waals surface area (Å²) in [6, 6.07) is 14.7. The molecule has 22 heavy (non-hydrogen) atoms. The molecule has 1 amide bonds. The number of carbonyl (C=O) groups is 1. The molecule has 1 atom stereocenters. The molecule has 5 nitrogen and oxygen atoms in total. The van der Waals surface area contributed by atoms with E-state index in [4.69, 9.17) is 4.74 Å². The Balaban J connectivity index is 1.78.